The van der Waals surface area contributed by atoms with Gasteiger partial charge in [0.05, 0.1) is 19.5 Å². The van der Waals surface area contributed by atoms with Gasteiger partial charge in [-0.15, -0.1) is 6.58 Å². The highest BCUT2D eigenvalue weighted by Crippen LogP contribution is 2.68. The first kappa shape index (κ1) is 42.1. The van der Waals surface area contributed by atoms with E-state index in [0.717, 1.165) is 20.0 Å². The molecule has 32 heteroatoms. The van der Waals surface area contributed by atoms with E-state index in [-0.39, 0.29) is 40.8 Å². The van der Waals surface area contributed by atoms with Gasteiger partial charge in [0.1, 0.15) is 36.6 Å². The zero-order valence-electron chi connectivity index (χ0n) is 29.7. The highest BCUT2D eigenvalue weighted by Gasteiger charge is 2.57. The van der Waals surface area contributed by atoms with Crippen molar-refractivity contribution in [3.05, 3.63) is 50.2 Å². The number of imidazole rings is 2. The number of nitrogens with two attached hydrogens (primary N) is 2. The molecule has 0 spiro atoms. The Kier molecular flexibility index (Phi) is 10.8. The van der Waals surface area contributed by atoms with Crippen molar-refractivity contribution in [2.75, 3.05) is 24.7 Å². The molecule has 0 aromatic carbocycles. The van der Waals surface area contributed by atoms with Gasteiger partial charge < -0.3 is 55.3 Å². The summed E-state index contributed by atoms with van der Waals surface area (Å²) in [6.07, 6.45) is -9.43. The van der Waals surface area contributed by atoms with E-state index >= 15 is 0 Å². The number of hydrogen-bond donors (Lipinski definition) is 9. The number of aliphatic hydroxyl groups excluding tert-OH is 2. The van der Waals surface area contributed by atoms with Crippen LogP contribution >= 0.6 is 23.5 Å². The van der Waals surface area contributed by atoms with Gasteiger partial charge in [-0.3, -0.25) is 37.7 Å². The second kappa shape index (κ2) is 14.9. The van der Waals surface area contributed by atoms with Gasteiger partial charge in [0.2, 0.25) is 11.9 Å². The summed E-state index contributed by atoms with van der Waals surface area (Å²) >= 11 is 0. The standard InChI is InChI=1S/C26H35N10O19P3/c1-4-5-34-12-18(31-24(28)33-20(12)40)36(25(34)41)22-16-15(52-26(2,3)53-16)10(51-22)7-49-57(44,45)55-58(46,47)54-56(42,43)48-6-9-13(37)14(38)21(50-9)35-8-29-11-17(35)30-23(27)32-19(11)39/h4,8-10,13-16,21-22,37-38H,1,5-7H2,2-3H3,(H,42,43)(H,44,45)(H,46,47)(H3,27,30,32,39)(H3,28,31,33,40)/t9?,10-,13-,14-,15?,16+,21?,22?/m1/s1. The van der Waals surface area contributed by atoms with E-state index in [4.69, 9.17) is 34.9 Å². The number of hydrogen-bond acceptors (Lipinski definition) is 21. The lowest BCUT2D eigenvalue weighted by Gasteiger charge is -2.25. The number of rotatable bonds is 14. The second-order valence-corrected chi connectivity index (χ2v) is 17.9. The van der Waals surface area contributed by atoms with E-state index in [1.807, 2.05) is 0 Å². The van der Waals surface area contributed by atoms with Crippen LogP contribution in [0.15, 0.2) is 33.4 Å². The van der Waals surface area contributed by atoms with E-state index in [2.05, 4.69) is 44.6 Å². The summed E-state index contributed by atoms with van der Waals surface area (Å²) in [6, 6.07) is 0. The van der Waals surface area contributed by atoms with Crippen LogP contribution in [-0.4, -0.2) is 119 Å². The van der Waals surface area contributed by atoms with Crippen LogP contribution < -0.4 is 28.3 Å². The van der Waals surface area contributed by atoms with E-state index in [0.29, 0.717) is 0 Å². The highest BCUT2D eigenvalue weighted by atomic mass is 31.3. The molecule has 0 radical (unpaired) electrons. The molecule has 29 nitrogen and oxygen atoms in total. The average molecular weight is 885 g/mol. The fourth-order valence-electron chi connectivity index (χ4n) is 6.61. The molecule has 11 atom stereocenters. The van der Waals surface area contributed by atoms with Crippen molar-refractivity contribution in [3.8, 4) is 0 Å². The van der Waals surface area contributed by atoms with E-state index in [1.165, 1.54) is 19.9 Å². The van der Waals surface area contributed by atoms with Crippen LogP contribution in [-0.2, 0) is 56.9 Å². The van der Waals surface area contributed by atoms with Crippen molar-refractivity contribution >= 4 is 57.7 Å². The molecule has 0 saturated carbocycles. The molecule has 7 heterocycles. The highest BCUT2D eigenvalue weighted by molar-refractivity contribution is 7.66. The lowest BCUT2D eigenvalue weighted by Crippen LogP contribution is -2.34. The first-order valence-electron chi connectivity index (χ1n) is 16.6. The van der Waals surface area contributed by atoms with Crippen LogP contribution in [0.5, 0.6) is 0 Å². The molecule has 3 aliphatic heterocycles. The van der Waals surface area contributed by atoms with Crippen molar-refractivity contribution < 1.29 is 75.2 Å². The second-order valence-electron chi connectivity index (χ2n) is 13.3. The smallest absolute Gasteiger partial charge is 0.387 e. The van der Waals surface area contributed by atoms with Crippen LogP contribution in [0.1, 0.15) is 26.3 Å². The third-order valence-electron chi connectivity index (χ3n) is 8.80. The van der Waals surface area contributed by atoms with Crippen LogP contribution in [0, 0.1) is 0 Å². The maximum atomic E-state index is 13.6. The predicted octanol–water partition coefficient (Wildman–Crippen LogP) is -2.23. The third kappa shape index (κ3) is 8.01. The van der Waals surface area contributed by atoms with E-state index in [9.17, 15) is 53.0 Å². The Balaban J connectivity index is 1.00. The summed E-state index contributed by atoms with van der Waals surface area (Å²) in [7, 11) is -17.4. The number of ether oxygens (including phenoxy) is 4. The van der Waals surface area contributed by atoms with Gasteiger partial charge in [0.15, 0.2) is 40.6 Å². The van der Waals surface area contributed by atoms with E-state index in [1.54, 1.807) is 0 Å². The number of nitrogen functional groups attached to an aromatic ring is 2. The van der Waals surface area contributed by atoms with Gasteiger partial charge in [-0.05, 0) is 13.8 Å². The molecule has 7 unspecified atom stereocenters. The fraction of sp³-hybridized carbons (Fsp3) is 0.538. The van der Waals surface area contributed by atoms with Gasteiger partial charge in [0.25, 0.3) is 11.1 Å². The molecule has 0 aliphatic carbocycles. The first-order chi connectivity index (χ1) is 27.0. The molecule has 3 aliphatic rings. The van der Waals surface area contributed by atoms with Gasteiger partial charge in [-0.1, -0.05) is 6.08 Å². The van der Waals surface area contributed by atoms with Crippen molar-refractivity contribution in [3.63, 3.8) is 0 Å². The quantitative estimate of drug-likeness (QED) is 0.0478. The van der Waals surface area contributed by atoms with Crippen LogP contribution in [0.2, 0.25) is 0 Å². The Morgan fingerprint density at radius 2 is 1.43 bits per heavy atom. The number of nitrogens with zero attached hydrogens (tertiary/aromatic N) is 6. The molecular formula is C26H35N10O19P3. The van der Waals surface area contributed by atoms with Crippen molar-refractivity contribution in [2.45, 2.75) is 75.3 Å². The molecule has 7 rings (SSSR count). The Hall–Kier alpha value is -3.99. The van der Waals surface area contributed by atoms with Crippen molar-refractivity contribution in [1.82, 2.24) is 38.6 Å². The van der Waals surface area contributed by atoms with Gasteiger partial charge >= 0.3 is 29.2 Å². The van der Waals surface area contributed by atoms with E-state index < -0.39 is 108 Å². The lowest BCUT2D eigenvalue weighted by atomic mass is 10.1. The minimum atomic E-state index is -6.02. The molecule has 3 saturated heterocycles. The number of phosphoric ester groups is 2. The number of H-pyrrole nitrogens is 2. The molecule has 3 fully saturated rings. The summed E-state index contributed by atoms with van der Waals surface area (Å²) in [5, 5.41) is 21.1. The van der Waals surface area contributed by atoms with Gasteiger partial charge in [0, 0.05) is 6.54 Å². The van der Waals surface area contributed by atoms with Gasteiger partial charge in [-0.25, -0.2) is 28.0 Å². The minimum Gasteiger partial charge on any atom is -0.387 e. The topological polar surface area (TPSA) is 414 Å². The lowest BCUT2D eigenvalue weighted by molar-refractivity contribution is -0.199. The normalized spacial score (nSPS) is 30.0. The SMILES string of the molecule is C=CCn1c(=O)n(C2O[C@H](COP(=O)(O)OP(=O)(O)OP(=O)(O)OCC3OC(n4cnc5c(=O)[nH]c(N)nc54)[C@H](O)[C@@H]3O)C3OC(C)(C)O[C@@H]32)c2nc(N)[nH]c(=O)c21. The third-order valence-corrected chi connectivity index (χ3v) is 13.1. The number of aliphatic hydroxyl groups is 2. The Labute approximate surface area is 321 Å². The number of aromatic amines is 2. The summed E-state index contributed by atoms with van der Waals surface area (Å²) in [5.74, 6) is -1.97. The van der Waals surface area contributed by atoms with Crippen LogP contribution in [0.25, 0.3) is 22.3 Å². The fourth-order valence-corrected chi connectivity index (χ4v) is 10.1. The maximum absolute atomic E-state index is 13.6. The Bertz CT molecular complexity index is 2610. The molecular weight excluding hydrogens is 849 g/mol. The molecule has 11 N–H and O–H groups in total. The van der Waals surface area contributed by atoms with Crippen LogP contribution in [0.3, 0.4) is 0 Å². The minimum absolute atomic E-state index is 0.129. The molecule has 318 valence electrons. The number of nitrogens with one attached hydrogen (secondary N) is 2. The zero-order valence-corrected chi connectivity index (χ0v) is 32.4. The summed E-state index contributed by atoms with van der Waals surface area (Å²) < 4.78 is 82.3. The summed E-state index contributed by atoms with van der Waals surface area (Å²) in [5.41, 5.74) is 8.28. The summed E-state index contributed by atoms with van der Waals surface area (Å²) in [6.45, 7) is 4.43. The van der Waals surface area contributed by atoms with Crippen LogP contribution in [0.4, 0.5) is 11.9 Å². The number of allylic oxidation sites excluding steroid dienone is 1. The number of aromatic nitrogens is 8. The monoisotopic (exact) mass is 884 g/mol. The molecule has 58 heavy (non-hydrogen) atoms. The maximum Gasteiger partial charge on any atom is 0.490 e. The number of fused-ring (bicyclic) bond motifs is 3. The molecule has 0 bridgehead atoms. The zero-order chi connectivity index (χ0) is 42.3. The van der Waals surface area contributed by atoms with Crippen molar-refractivity contribution in [1.29, 1.82) is 0 Å². The summed E-state index contributed by atoms with van der Waals surface area (Å²) in [4.78, 5) is 85.6. The Morgan fingerprint density at radius 3 is 2.07 bits per heavy atom. The predicted molar refractivity (Wildman–Crippen MR) is 189 cm³/mol. The molecule has 0 amide bonds. The molecule has 4 aromatic rings. The molecule has 4 aromatic heterocycles. The number of anilines is 2. The first-order valence-corrected chi connectivity index (χ1v) is 21.1. The number of phosphoric acid groups is 3. The Morgan fingerprint density at radius 1 is 0.862 bits per heavy atom. The average Bonchev–Trinajstić information content (AvgIpc) is 3.86. The van der Waals surface area contributed by atoms with Crippen molar-refractivity contribution in [2.24, 2.45) is 0 Å². The largest absolute Gasteiger partial charge is 0.490 e. The van der Waals surface area contributed by atoms with Gasteiger partial charge in [-0.2, -0.15) is 18.6 Å².